The van der Waals surface area contributed by atoms with Gasteiger partial charge in [-0.1, -0.05) is 6.92 Å². The Labute approximate surface area is 127 Å². The number of aromatic nitrogens is 2. The Morgan fingerprint density at radius 2 is 2.29 bits per heavy atom. The molecule has 1 unspecified atom stereocenters. The van der Waals surface area contributed by atoms with Gasteiger partial charge in [-0.05, 0) is 19.4 Å². The van der Waals surface area contributed by atoms with E-state index in [0.717, 1.165) is 29.0 Å². The Hall–Kier alpha value is -1.89. The molecule has 1 aliphatic heterocycles. The largest absolute Gasteiger partial charge is 0.364 e. The molecule has 0 saturated carbocycles. The number of nitrogens with one attached hydrogen (secondary N) is 3. The summed E-state index contributed by atoms with van der Waals surface area (Å²) in [6.45, 7) is 5.58. The molecule has 0 spiro atoms. The zero-order valence-electron chi connectivity index (χ0n) is 12.2. The maximum atomic E-state index is 11.3. The highest BCUT2D eigenvalue weighted by atomic mass is 32.1. The first-order chi connectivity index (χ1) is 10.2. The average molecular weight is 305 g/mol. The summed E-state index contributed by atoms with van der Waals surface area (Å²) in [6, 6.07) is 2.23. The van der Waals surface area contributed by atoms with Gasteiger partial charge in [0, 0.05) is 24.4 Å². The lowest BCUT2D eigenvalue weighted by molar-refractivity contribution is -0.119. The molecule has 1 aliphatic rings. The SMILES string of the molecule is CCNc1nc(NC2CNC(=O)C2)c2cc(CC)sc2n1. The molecular formula is C14H19N5OS. The third-order valence-electron chi connectivity index (χ3n) is 3.45. The molecule has 3 N–H and O–H groups in total. The average Bonchev–Trinajstić information content (AvgIpc) is 3.05. The number of aryl methyl sites for hydroxylation is 1. The predicted octanol–water partition coefficient (Wildman–Crippen LogP) is 1.99. The molecule has 2 aromatic heterocycles. The van der Waals surface area contributed by atoms with Gasteiger partial charge in [-0.25, -0.2) is 4.98 Å². The van der Waals surface area contributed by atoms with Crippen molar-refractivity contribution in [3.05, 3.63) is 10.9 Å². The van der Waals surface area contributed by atoms with Crippen LogP contribution in [0.4, 0.5) is 11.8 Å². The minimum Gasteiger partial charge on any atom is -0.364 e. The first kappa shape index (κ1) is 14.1. The summed E-state index contributed by atoms with van der Waals surface area (Å²) in [6.07, 6.45) is 1.48. The lowest BCUT2D eigenvalue weighted by atomic mass is 10.2. The molecule has 112 valence electrons. The topological polar surface area (TPSA) is 78.9 Å². The van der Waals surface area contributed by atoms with E-state index >= 15 is 0 Å². The van der Waals surface area contributed by atoms with Gasteiger partial charge in [-0.2, -0.15) is 4.98 Å². The monoisotopic (exact) mass is 305 g/mol. The fourth-order valence-corrected chi connectivity index (χ4v) is 3.36. The van der Waals surface area contributed by atoms with Gasteiger partial charge in [0.1, 0.15) is 10.6 Å². The molecule has 0 bridgehead atoms. The third kappa shape index (κ3) is 2.92. The van der Waals surface area contributed by atoms with Gasteiger partial charge in [-0.15, -0.1) is 11.3 Å². The van der Waals surface area contributed by atoms with E-state index in [4.69, 9.17) is 0 Å². The normalized spacial score (nSPS) is 18.0. The van der Waals surface area contributed by atoms with Crippen molar-refractivity contribution in [3.8, 4) is 0 Å². The van der Waals surface area contributed by atoms with Crippen LogP contribution < -0.4 is 16.0 Å². The number of rotatable bonds is 5. The number of nitrogens with zero attached hydrogens (tertiary/aromatic N) is 2. The molecule has 3 heterocycles. The van der Waals surface area contributed by atoms with E-state index < -0.39 is 0 Å². The number of anilines is 2. The summed E-state index contributed by atoms with van der Waals surface area (Å²) in [5, 5.41) is 10.4. The summed E-state index contributed by atoms with van der Waals surface area (Å²) in [4.78, 5) is 22.7. The molecule has 3 rings (SSSR count). The highest BCUT2D eigenvalue weighted by Gasteiger charge is 2.23. The zero-order valence-corrected chi connectivity index (χ0v) is 13.0. The molecule has 2 aromatic rings. The molecule has 0 aromatic carbocycles. The van der Waals surface area contributed by atoms with E-state index in [1.807, 2.05) is 6.92 Å². The van der Waals surface area contributed by atoms with Crippen molar-refractivity contribution in [2.45, 2.75) is 32.7 Å². The van der Waals surface area contributed by atoms with E-state index in [1.54, 1.807) is 11.3 Å². The van der Waals surface area contributed by atoms with Crippen molar-refractivity contribution < 1.29 is 4.79 Å². The van der Waals surface area contributed by atoms with Crippen LogP contribution in [0.5, 0.6) is 0 Å². The summed E-state index contributed by atoms with van der Waals surface area (Å²) in [7, 11) is 0. The van der Waals surface area contributed by atoms with E-state index in [0.29, 0.717) is 18.9 Å². The fraction of sp³-hybridized carbons (Fsp3) is 0.500. The number of hydrogen-bond acceptors (Lipinski definition) is 6. The summed E-state index contributed by atoms with van der Waals surface area (Å²) >= 11 is 1.70. The van der Waals surface area contributed by atoms with Crippen molar-refractivity contribution in [2.24, 2.45) is 0 Å². The minimum atomic E-state index is 0.0873. The molecule has 0 aliphatic carbocycles. The molecule has 1 saturated heterocycles. The molecule has 1 fully saturated rings. The number of thiophene rings is 1. The minimum absolute atomic E-state index is 0.0873. The zero-order chi connectivity index (χ0) is 14.8. The highest BCUT2D eigenvalue weighted by molar-refractivity contribution is 7.18. The van der Waals surface area contributed by atoms with Gasteiger partial charge in [0.2, 0.25) is 11.9 Å². The van der Waals surface area contributed by atoms with Crippen LogP contribution >= 0.6 is 11.3 Å². The van der Waals surface area contributed by atoms with Crippen LogP contribution in [0.3, 0.4) is 0 Å². The Balaban J connectivity index is 1.96. The van der Waals surface area contributed by atoms with E-state index in [-0.39, 0.29) is 11.9 Å². The van der Waals surface area contributed by atoms with E-state index in [1.165, 1.54) is 4.88 Å². The predicted molar refractivity (Wildman–Crippen MR) is 86.0 cm³/mol. The van der Waals surface area contributed by atoms with Gasteiger partial charge in [0.15, 0.2) is 0 Å². The molecule has 7 heteroatoms. The Morgan fingerprint density at radius 1 is 1.43 bits per heavy atom. The van der Waals surface area contributed by atoms with Crippen molar-refractivity contribution >= 4 is 39.2 Å². The first-order valence-corrected chi connectivity index (χ1v) is 8.08. The quantitative estimate of drug-likeness (QED) is 0.787. The maximum absolute atomic E-state index is 11.3. The molecule has 0 radical (unpaired) electrons. The van der Waals surface area contributed by atoms with Crippen molar-refractivity contribution in [1.29, 1.82) is 0 Å². The second kappa shape index (κ2) is 5.85. The van der Waals surface area contributed by atoms with Crippen LogP contribution in [0.15, 0.2) is 6.07 Å². The molecular weight excluding hydrogens is 286 g/mol. The van der Waals surface area contributed by atoms with Crippen LogP contribution in [-0.2, 0) is 11.2 Å². The van der Waals surface area contributed by atoms with Gasteiger partial charge in [0.05, 0.1) is 11.4 Å². The summed E-state index contributed by atoms with van der Waals surface area (Å²) < 4.78 is 0. The van der Waals surface area contributed by atoms with E-state index in [9.17, 15) is 4.79 Å². The van der Waals surface area contributed by atoms with Crippen LogP contribution in [0.2, 0.25) is 0 Å². The van der Waals surface area contributed by atoms with Gasteiger partial charge in [0.25, 0.3) is 0 Å². The summed E-state index contributed by atoms with van der Waals surface area (Å²) in [5.41, 5.74) is 0. The van der Waals surface area contributed by atoms with Crippen molar-refractivity contribution in [1.82, 2.24) is 15.3 Å². The first-order valence-electron chi connectivity index (χ1n) is 7.27. The smallest absolute Gasteiger partial charge is 0.226 e. The number of amides is 1. The van der Waals surface area contributed by atoms with Crippen LogP contribution in [0.25, 0.3) is 10.2 Å². The standard InChI is InChI=1S/C14H19N5OS/c1-3-9-6-10-12(17-8-5-11(20)16-7-8)18-14(15-4-2)19-13(10)21-9/h6,8H,3-5,7H2,1-2H3,(H,16,20)(H2,15,17,18,19). The van der Waals surface area contributed by atoms with Crippen molar-refractivity contribution in [2.75, 3.05) is 23.7 Å². The second-order valence-electron chi connectivity index (χ2n) is 5.06. The number of carbonyl (C=O) groups is 1. The van der Waals surface area contributed by atoms with Gasteiger partial charge in [-0.3, -0.25) is 4.79 Å². The maximum Gasteiger partial charge on any atom is 0.226 e. The molecule has 1 amide bonds. The number of fused-ring (bicyclic) bond motifs is 1. The lowest BCUT2D eigenvalue weighted by Crippen LogP contribution is -2.23. The Bertz CT molecular complexity index is 669. The molecule has 1 atom stereocenters. The van der Waals surface area contributed by atoms with Crippen LogP contribution in [0, 0.1) is 0 Å². The number of hydrogen-bond donors (Lipinski definition) is 3. The highest BCUT2D eigenvalue weighted by Crippen LogP contribution is 2.31. The van der Waals surface area contributed by atoms with Crippen molar-refractivity contribution in [3.63, 3.8) is 0 Å². The number of carbonyl (C=O) groups excluding carboxylic acids is 1. The lowest BCUT2D eigenvalue weighted by Gasteiger charge is -2.13. The second-order valence-corrected chi connectivity index (χ2v) is 6.18. The van der Waals surface area contributed by atoms with Gasteiger partial charge >= 0.3 is 0 Å². The third-order valence-corrected chi connectivity index (χ3v) is 4.62. The Morgan fingerprint density at radius 3 is 2.95 bits per heavy atom. The van der Waals surface area contributed by atoms with Crippen LogP contribution in [-0.4, -0.2) is 35.0 Å². The summed E-state index contributed by atoms with van der Waals surface area (Å²) in [5.74, 6) is 1.53. The fourth-order valence-electron chi connectivity index (χ4n) is 2.39. The van der Waals surface area contributed by atoms with Crippen LogP contribution in [0.1, 0.15) is 25.1 Å². The van der Waals surface area contributed by atoms with Gasteiger partial charge < -0.3 is 16.0 Å². The Kier molecular flexibility index (Phi) is 3.92. The molecule has 6 nitrogen and oxygen atoms in total. The van der Waals surface area contributed by atoms with E-state index in [2.05, 4.69) is 38.9 Å². The molecule has 21 heavy (non-hydrogen) atoms.